The Morgan fingerprint density at radius 3 is 2.71 bits per heavy atom. The van der Waals surface area contributed by atoms with E-state index in [-0.39, 0.29) is 18.2 Å². The summed E-state index contributed by atoms with van der Waals surface area (Å²) in [4.78, 5) is 11.7. The standard InChI is InChI=1S/C16H21F3N2O3/c17-16(18,19)12-2-1-3-13(10-12)21-15(23)20-7-4-14(22)11-5-8-24-9-6-11/h1-3,10-11,14,22H,4-9H2,(H2,20,21,23)/t14-/m1/s1. The van der Waals surface area contributed by atoms with Crippen LogP contribution in [0.4, 0.5) is 23.7 Å². The number of benzene rings is 1. The van der Waals surface area contributed by atoms with Crippen LogP contribution in [0.2, 0.25) is 0 Å². The van der Waals surface area contributed by atoms with Gasteiger partial charge in [0.15, 0.2) is 0 Å². The van der Waals surface area contributed by atoms with E-state index in [1.165, 1.54) is 12.1 Å². The molecule has 1 aromatic carbocycles. The van der Waals surface area contributed by atoms with E-state index in [0.29, 0.717) is 19.6 Å². The third-order valence-electron chi connectivity index (χ3n) is 3.98. The van der Waals surface area contributed by atoms with Crippen LogP contribution in [0.1, 0.15) is 24.8 Å². The lowest BCUT2D eigenvalue weighted by atomic mass is 9.92. The van der Waals surface area contributed by atoms with Gasteiger partial charge < -0.3 is 20.5 Å². The van der Waals surface area contributed by atoms with Crippen LogP contribution in [-0.2, 0) is 10.9 Å². The van der Waals surface area contributed by atoms with Crippen molar-refractivity contribution < 1.29 is 27.8 Å². The van der Waals surface area contributed by atoms with Crippen LogP contribution < -0.4 is 10.6 Å². The van der Waals surface area contributed by atoms with Gasteiger partial charge in [-0.05, 0) is 43.4 Å². The van der Waals surface area contributed by atoms with E-state index in [1.54, 1.807) is 0 Å². The minimum Gasteiger partial charge on any atom is -0.393 e. The fourth-order valence-corrected chi connectivity index (χ4v) is 2.62. The number of amides is 2. The van der Waals surface area contributed by atoms with Crippen LogP contribution in [0.3, 0.4) is 0 Å². The summed E-state index contributed by atoms with van der Waals surface area (Å²) in [6, 6.07) is 3.82. The smallest absolute Gasteiger partial charge is 0.393 e. The minimum absolute atomic E-state index is 0.0623. The van der Waals surface area contributed by atoms with E-state index in [1.807, 2.05) is 0 Å². The molecule has 0 spiro atoms. The van der Waals surface area contributed by atoms with Gasteiger partial charge in [0.2, 0.25) is 0 Å². The van der Waals surface area contributed by atoms with Crippen molar-refractivity contribution in [2.45, 2.75) is 31.5 Å². The molecule has 0 unspecified atom stereocenters. The Balaban J connectivity index is 1.75. The van der Waals surface area contributed by atoms with Gasteiger partial charge in [-0.2, -0.15) is 13.2 Å². The van der Waals surface area contributed by atoms with E-state index >= 15 is 0 Å². The van der Waals surface area contributed by atoms with Crippen LogP contribution in [0, 0.1) is 5.92 Å². The molecule has 2 rings (SSSR count). The average Bonchev–Trinajstić information content (AvgIpc) is 2.55. The van der Waals surface area contributed by atoms with Crippen molar-refractivity contribution in [3.63, 3.8) is 0 Å². The first-order chi connectivity index (χ1) is 11.4. The normalized spacial score (nSPS) is 17.3. The first-order valence-electron chi connectivity index (χ1n) is 7.84. The summed E-state index contributed by atoms with van der Waals surface area (Å²) in [7, 11) is 0. The molecule has 24 heavy (non-hydrogen) atoms. The van der Waals surface area contributed by atoms with Crippen molar-refractivity contribution in [3.8, 4) is 0 Å². The molecular weight excluding hydrogens is 325 g/mol. The summed E-state index contributed by atoms with van der Waals surface area (Å²) in [6.07, 6.45) is -3.01. The van der Waals surface area contributed by atoms with Crippen molar-refractivity contribution in [2.75, 3.05) is 25.1 Å². The predicted octanol–water partition coefficient (Wildman–Crippen LogP) is 3.00. The SMILES string of the molecule is O=C(NCC[C@@H](O)C1CCOCC1)Nc1cccc(C(F)(F)F)c1. The number of ether oxygens (including phenoxy) is 1. The van der Waals surface area contributed by atoms with Crippen molar-refractivity contribution in [1.82, 2.24) is 5.32 Å². The van der Waals surface area contributed by atoms with Crippen molar-refractivity contribution in [2.24, 2.45) is 5.92 Å². The fraction of sp³-hybridized carbons (Fsp3) is 0.562. The molecule has 1 atom stereocenters. The number of alkyl halides is 3. The number of halogens is 3. The second kappa shape index (κ2) is 8.34. The number of aliphatic hydroxyl groups is 1. The molecule has 1 aliphatic rings. The molecule has 0 radical (unpaired) electrons. The van der Waals surface area contributed by atoms with Crippen LogP contribution in [0.15, 0.2) is 24.3 Å². The van der Waals surface area contributed by atoms with Crippen LogP contribution >= 0.6 is 0 Å². The highest BCUT2D eigenvalue weighted by Gasteiger charge is 2.30. The third kappa shape index (κ3) is 5.68. The zero-order chi connectivity index (χ0) is 17.6. The quantitative estimate of drug-likeness (QED) is 0.768. The molecule has 1 fully saturated rings. The topological polar surface area (TPSA) is 70.6 Å². The van der Waals surface area contributed by atoms with Crippen LogP contribution in [0.5, 0.6) is 0 Å². The lowest BCUT2D eigenvalue weighted by Gasteiger charge is -2.26. The molecule has 0 bridgehead atoms. The number of carbonyl (C=O) groups excluding carboxylic acids is 1. The summed E-state index contributed by atoms with van der Waals surface area (Å²) in [5.41, 5.74) is -0.762. The Labute approximate surface area is 138 Å². The van der Waals surface area contributed by atoms with E-state index in [0.717, 1.165) is 25.0 Å². The number of nitrogens with one attached hydrogen (secondary N) is 2. The molecular formula is C16H21F3N2O3. The molecule has 0 aliphatic carbocycles. The molecule has 1 aromatic rings. The maximum atomic E-state index is 12.6. The van der Waals surface area contributed by atoms with Crippen molar-refractivity contribution >= 4 is 11.7 Å². The zero-order valence-corrected chi connectivity index (χ0v) is 13.1. The first-order valence-corrected chi connectivity index (χ1v) is 7.84. The molecule has 5 nitrogen and oxygen atoms in total. The van der Waals surface area contributed by atoms with E-state index in [9.17, 15) is 23.1 Å². The molecule has 2 amide bonds. The summed E-state index contributed by atoms with van der Waals surface area (Å²) < 4.78 is 43.0. The number of rotatable bonds is 5. The number of aliphatic hydroxyl groups excluding tert-OH is 1. The highest BCUT2D eigenvalue weighted by Crippen LogP contribution is 2.30. The highest BCUT2D eigenvalue weighted by molar-refractivity contribution is 5.89. The number of anilines is 1. The predicted molar refractivity (Wildman–Crippen MR) is 82.6 cm³/mol. The molecule has 1 heterocycles. The Morgan fingerprint density at radius 2 is 2.04 bits per heavy atom. The fourth-order valence-electron chi connectivity index (χ4n) is 2.62. The Bertz CT molecular complexity index is 546. The van der Waals surface area contributed by atoms with Gasteiger partial charge in [0.05, 0.1) is 11.7 Å². The van der Waals surface area contributed by atoms with E-state index in [4.69, 9.17) is 4.74 Å². The molecule has 0 aromatic heterocycles. The zero-order valence-electron chi connectivity index (χ0n) is 13.1. The average molecular weight is 346 g/mol. The minimum atomic E-state index is -4.46. The van der Waals surface area contributed by atoms with Crippen LogP contribution in [-0.4, -0.2) is 37.0 Å². The first kappa shape index (κ1) is 18.5. The maximum Gasteiger partial charge on any atom is 0.416 e. The molecule has 1 aliphatic heterocycles. The van der Waals surface area contributed by atoms with Gasteiger partial charge in [-0.3, -0.25) is 0 Å². The summed E-state index contributed by atoms with van der Waals surface area (Å²) in [5, 5.41) is 14.9. The largest absolute Gasteiger partial charge is 0.416 e. The number of urea groups is 1. The lowest BCUT2D eigenvalue weighted by Crippen LogP contribution is -2.34. The van der Waals surface area contributed by atoms with Gasteiger partial charge in [0.1, 0.15) is 0 Å². The Morgan fingerprint density at radius 1 is 1.33 bits per heavy atom. The van der Waals surface area contributed by atoms with E-state index in [2.05, 4.69) is 10.6 Å². The molecule has 1 saturated heterocycles. The number of hydrogen-bond donors (Lipinski definition) is 3. The van der Waals surface area contributed by atoms with Gasteiger partial charge in [-0.25, -0.2) is 4.79 Å². The summed E-state index contributed by atoms with van der Waals surface area (Å²) in [5.74, 6) is 0.159. The van der Waals surface area contributed by atoms with Crippen molar-refractivity contribution in [3.05, 3.63) is 29.8 Å². The second-order valence-electron chi connectivity index (χ2n) is 5.77. The summed E-state index contributed by atoms with van der Waals surface area (Å²) >= 11 is 0. The maximum absolute atomic E-state index is 12.6. The van der Waals surface area contributed by atoms with Gasteiger partial charge in [-0.15, -0.1) is 0 Å². The molecule has 134 valence electrons. The number of carbonyl (C=O) groups is 1. The van der Waals surface area contributed by atoms with Gasteiger partial charge in [0, 0.05) is 25.4 Å². The molecule has 3 N–H and O–H groups in total. The Kier molecular flexibility index (Phi) is 6.44. The second-order valence-corrected chi connectivity index (χ2v) is 5.77. The van der Waals surface area contributed by atoms with Gasteiger partial charge in [0.25, 0.3) is 0 Å². The lowest BCUT2D eigenvalue weighted by molar-refractivity contribution is -0.137. The number of hydrogen-bond acceptors (Lipinski definition) is 3. The highest BCUT2D eigenvalue weighted by atomic mass is 19.4. The molecule has 8 heteroatoms. The van der Waals surface area contributed by atoms with Gasteiger partial charge in [-0.1, -0.05) is 6.07 Å². The van der Waals surface area contributed by atoms with Crippen molar-refractivity contribution in [1.29, 1.82) is 0 Å². The van der Waals surface area contributed by atoms with E-state index < -0.39 is 23.9 Å². The third-order valence-corrected chi connectivity index (χ3v) is 3.98. The summed E-state index contributed by atoms with van der Waals surface area (Å²) in [6.45, 7) is 1.50. The monoisotopic (exact) mass is 346 g/mol. The van der Waals surface area contributed by atoms with Gasteiger partial charge >= 0.3 is 12.2 Å². The Hall–Kier alpha value is -1.80. The molecule has 0 saturated carbocycles. The van der Waals surface area contributed by atoms with Crippen LogP contribution in [0.25, 0.3) is 0 Å².